The number of carboxylic acid groups (broad SMARTS) is 2. The summed E-state index contributed by atoms with van der Waals surface area (Å²) in [5, 5.41) is 37.7. The van der Waals surface area contributed by atoms with Gasteiger partial charge in [-0.25, -0.2) is 9.59 Å². The molecule has 0 saturated carbocycles. The molecule has 0 spiro atoms. The molecular formula is C24H18O6. The van der Waals surface area contributed by atoms with Gasteiger partial charge in [-0.1, -0.05) is 36.4 Å². The van der Waals surface area contributed by atoms with Crippen LogP contribution in [-0.2, 0) is 0 Å². The van der Waals surface area contributed by atoms with Crippen molar-refractivity contribution in [3.63, 3.8) is 0 Å². The van der Waals surface area contributed by atoms with Crippen LogP contribution >= 0.6 is 0 Å². The van der Waals surface area contributed by atoms with Crippen molar-refractivity contribution in [1.29, 1.82) is 0 Å². The molecule has 0 aliphatic rings. The number of phenolic OH excluding ortho intramolecular Hbond substituents is 2. The number of phenols is 2. The first-order valence-corrected chi connectivity index (χ1v) is 8.92. The van der Waals surface area contributed by atoms with Crippen LogP contribution in [-0.4, -0.2) is 32.4 Å². The largest absolute Gasteiger partial charge is 0.508 e. The first kappa shape index (κ1) is 20.4. The third-order valence-electron chi connectivity index (χ3n) is 4.40. The van der Waals surface area contributed by atoms with Gasteiger partial charge in [-0.05, 0) is 70.4 Å². The topological polar surface area (TPSA) is 115 Å². The number of rotatable bonds is 3. The summed E-state index contributed by atoms with van der Waals surface area (Å²) in [7, 11) is 0. The smallest absolute Gasteiger partial charge is 0.335 e. The molecule has 30 heavy (non-hydrogen) atoms. The van der Waals surface area contributed by atoms with E-state index >= 15 is 0 Å². The van der Waals surface area contributed by atoms with Gasteiger partial charge in [0, 0.05) is 0 Å². The van der Waals surface area contributed by atoms with Crippen molar-refractivity contribution in [2.75, 3.05) is 0 Å². The third-order valence-corrected chi connectivity index (χ3v) is 4.40. The molecular weight excluding hydrogens is 384 g/mol. The van der Waals surface area contributed by atoms with Gasteiger partial charge >= 0.3 is 11.9 Å². The van der Waals surface area contributed by atoms with Gasteiger partial charge in [0.15, 0.2) is 0 Å². The van der Waals surface area contributed by atoms with E-state index in [-0.39, 0.29) is 22.6 Å². The van der Waals surface area contributed by atoms with Gasteiger partial charge < -0.3 is 20.4 Å². The summed E-state index contributed by atoms with van der Waals surface area (Å²) in [5.41, 5.74) is 2.13. The average molecular weight is 402 g/mol. The summed E-state index contributed by atoms with van der Waals surface area (Å²) >= 11 is 0. The lowest BCUT2D eigenvalue weighted by atomic mass is 10.0. The molecule has 0 saturated heterocycles. The molecule has 150 valence electrons. The maximum atomic E-state index is 10.7. The summed E-state index contributed by atoms with van der Waals surface area (Å²) in [4.78, 5) is 21.4. The number of hydrogen-bond acceptors (Lipinski definition) is 4. The van der Waals surface area contributed by atoms with Crippen LogP contribution in [0.25, 0.3) is 21.9 Å². The fourth-order valence-corrected chi connectivity index (χ4v) is 2.83. The summed E-state index contributed by atoms with van der Waals surface area (Å²) in [5.74, 6) is -1.45. The normalized spacial score (nSPS) is 10.1. The summed E-state index contributed by atoms with van der Waals surface area (Å²) in [6.07, 6.45) is 0. The Bertz CT molecular complexity index is 1100. The molecule has 0 radical (unpaired) electrons. The van der Waals surface area contributed by atoms with E-state index in [0.29, 0.717) is 0 Å². The Labute approximate surface area is 171 Å². The second-order valence-electron chi connectivity index (χ2n) is 6.48. The molecule has 0 bridgehead atoms. The van der Waals surface area contributed by atoms with Gasteiger partial charge in [-0.15, -0.1) is 0 Å². The number of aromatic carboxylic acids is 2. The molecule has 6 nitrogen and oxygen atoms in total. The first-order valence-electron chi connectivity index (χ1n) is 8.92. The highest BCUT2D eigenvalue weighted by Gasteiger charge is 2.05. The summed E-state index contributed by atoms with van der Waals surface area (Å²) < 4.78 is 0. The zero-order chi connectivity index (χ0) is 21.7. The fraction of sp³-hybridized carbons (Fsp3) is 0. The van der Waals surface area contributed by atoms with Crippen molar-refractivity contribution >= 4 is 22.7 Å². The molecule has 0 heterocycles. The molecule has 0 atom stereocenters. The zero-order valence-electron chi connectivity index (χ0n) is 15.7. The fourth-order valence-electron chi connectivity index (χ4n) is 2.83. The molecule has 0 amide bonds. The predicted octanol–water partition coefficient (Wildman–Crippen LogP) is 5.00. The lowest BCUT2D eigenvalue weighted by Gasteiger charge is -2.03. The average Bonchev–Trinajstić information content (AvgIpc) is 2.74. The van der Waals surface area contributed by atoms with Gasteiger partial charge in [-0.2, -0.15) is 0 Å². The Balaban J connectivity index is 0.000000184. The van der Waals surface area contributed by atoms with E-state index in [1.807, 2.05) is 0 Å². The van der Waals surface area contributed by atoms with Gasteiger partial charge in [-0.3, -0.25) is 0 Å². The van der Waals surface area contributed by atoms with E-state index in [1.54, 1.807) is 60.7 Å². The summed E-state index contributed by atoms with van der Waals surface area (Å²) in [6.45, 7) is 0. The molecule has 0 aliphatic heterocycles. The van der Waals surface area contributed by atoms with Crippen molar-refractivity contribution in [3.05, 3.63) is 96.1 Å². The predicted molar refractivity (Wildman–Crippen MR) is 113 cm³/mol. The van der Waals surface area contributed by atoms with Gasteiger partial charge in [0.25, 0.3) is 0 Å². The Morgan fingerprint density at radius 3 is 1.13 bits per heavy atom. The van der Waals surface area contributed by atoms with Gasteiger partial charge in [0.1, 0.15) is 11.5 Å². The molecule has 0 aromatic heterocycles. The van der Waals surface area contributed by atoms with E-state index in [1.165, 1.54) is 24.3 Å². The number of carboxylic acids is 2. The van der Waals surface area contributed by atoms with Gasteiger partial charge in [0.2, 0.25) is 0 Å². The third kappa shape index (κ3) is 4.94. The van der Waals surface area contributed by atoms with Crippen molar-refractivity contribution in [3.8, 4) is 22.6 Å². The Kier molecular flexibility index (Phi) is 5.98. The molecule has 0 fully saturated rings. The van der Waals surface area contributed by atoms with Crippen molar-refractivity contribution in [1.82, 2.24) is 0 Å². The van der Waals surface area contributed by atoms with Gasteiger partial charge in [0.05, 0.1) is 11.1 Å². The maximum absolute atomic E-state index is 10.7. The minimum absolute atomic E-state index is 0.223. The number of hydrogen-bond donors (Lipinski definition) is 4. The van der Waals surface area contributed by atoms with E-state index in [2.05, 4.69) is 0 Å². The highest BCUT2D eigenvalue weighted by atomic mass is 16.4. The minimum Gasteiger partial charge on any atom is -0.508 e. The van der Waals surface area contributed by atoms with E-state index in [9.17, 15) is 9.59 Å². The highest BCUT2D eigenvalue weighted by molar-refractivity contribution is 5.89. The number of carbonyl (C=O) groups is 2. The van der Waals surface area contributed by atoms with Crippen molar-refractivity contribution in [2.45, 2.75) is 0 Å². The number of benzene rings is 4. The number of fused-ring (bicyclic) bond motifs is 1. The van der Waals surface area contributed by atoms with Crippen LogP contribution in [0.2, 0.25) is 0 Å². The van der Waals surface area contributed by atoms with Crippen LogP contribution in [0.4, 0.5) is 0 Å². The molecule has 4 aromatic rings. The van der Waals surface area contributed by atoms with Crippen LogP contribution in [0.5, 0.6) is 11.5 Å². The van der Waals surface area contributed by atoms with E-state index in [4.69, 9.17) is 20.4 Å². The maximum Gasteiger partial charge on any atom is 0.335 e. The van der Waals surface area contributed by atoms with E-state index < -0.39 is 11.9 Å². The second kappa shape index (κ2) is 8.79. The highest BCUT2D eigenvalue weighted by Crippen LogP contribution is 2.23. The van der Waals surface area contributed by atoms with Crippen LogP contribution < -0.4 is 0 Å². The second-order valence-corrected chi connectivity index (χ2v) is 6.48. The standard InChI is InChI=1S/C14H10O4.C10H8O2/c15-13(16)11-5-1-9(2-6-11)10-3-7-12(8-4-10)14(17)18;11-9-3-1-7-5-10(12)4-2-8(7)6-9/h1-8H,(H,15,16)(H,17,18);1-6,11-12H. The monoisotopic (exact) mass is 402 g/mol. The summed E-state index contributed by atoms with van der Waals surface area (Å²) in [6, 6.07) is 22.9. The Morgan fingerprint density at radius 1 is 0.500 bits per heavy atom. The molecule has 4 rings (SSSR count). The van der Waals surface area contributed by atoms with Crippen molar-refractivity contribution < 1.29 is 30.0 Å². The van der Waals surface area contributed by atoms with Crippen LogP contribution in [0.3, 0.4) is 0 Å². The molecule has 6 heteroatoms. The molecule has 4 aromatic carbocycles. The molecule has 0 unspecified atom stereocenters. The minimum atomic E-state index is -0.970. The van der Waals surface area contributed by atoms with Crippen LogP contribution in [0, 0.1) is 0 Å². The SMILES string of the molecule is O=C(O)c1ccc(-c2ccc(C(=O)O)cc2)cc1.Oc1ccc2cc(O)ccc2c1. The lowest BCUT2D eigenvalue weighted by molar-refractivity contribution is 0.0686. The first-order chi connectivity index (χ1) is 14.3. The molecule has 0 aliphatic carbocycles. The Morgan fingerprint density at radius 2 is 0.833 bits per heavy atom. The lowest BCUT2D eigenvalue weighted by Crippen LogP contribution is -1.96. The van der Waals surface area contributed by atoms with Crippen molar-refractivity contribution in [2.24, 2.45) is 0 Å². The number of aromatic hydroxyl groups is 2. The zero-order valence-corrected chi connectivity index (χ0v) is 15.7. The molecule has 4 N–H and O–H groups in total. The van der Waals surface area contributed by atoms with Crippen LogP contribution in [0.15, 0.2) is 84.9 Å². The Hall–Kier alpha value is -4.32. The van der Waals surface area contributed by atoms with Crippen LogP contribution in [0.1, 0.15) is 20.7 Å². The van der Waals surface area contributed by atoms with E-state index in [0.717, 1.165) is 21.9 Å². The quantitative estimate of drug-likeness (QED) is 0.383.